The molecule has 0 bridgehead atoms. The minimum atomic E-state index is -3.17. The molecule has 0 aliphatic carbocycles. The summed E-state index contributed by atoms with van der Waals surface area (Å²) >= 11 is 0. The lowest BCUT2D eigenvalue weighted by Crippen LogP contribution is -2.42. The van der Waals surface area contributed by atoms with Gasteiger partial charge < -0.3 is 10.1 Å². The summed E-state index contributed by atoms with van der Waals surface area (Å²) in [6.45, 7) is 3.51. The Morgan fingerprint density at radius 3 is 2.48 bits per heavy atom. The van der Waals surface area contributed by atoms with Crippen molar-refractivity contribution in [3.05, 3.63) is 29.8 Å². The van der Waals surface area contributed by atoms with Crippen molar-refractivity contribution >= 4 is 39.0 Å². The molecule has 0 spiro atoms. The Balaban J connectivity index is 1.67. The van der Waals surface area contributed by atoms with E-state index in [1.165, 1.54) is 0 Å². The second kappa shape index (κ2) is 8.32. The second-order valence-corrected chi connectivity index (χ2v) is 9.56. The maximum absolute atomic E-state index is 12.5. The van der Waals surface area contributed by atoms with Gasteiger partial charge in [-0.3, -0.25) is 9.59 Å². The molecule has 1 fully saturated rings. The summed E-state index contributed by atoms with van der Waals surface area (Å²) in [4.78, 5) is 36.5. The third-order valence-electron chi connectivity index (χ3n) is 4.60. The number of carbonyl (C=O) groups excluding carboxylic acids is 3. The predicted octanol–water partition coefficient (Wildman–Crippen LogP) is 1.36. The number of hydrazone groups is 1. The van der Waals surface area contributed by atoms with Crippen LogP contribution in [0.15, 0.2) is 29.4 Å². The summed E-state index contributed by atoms with van der Waals surface area (Å²) in [6.07, 6.45) is 0.370. The van der Waals surface area contributed by atoms with Crippen molar-refractivity contribution in [2.24, 2.45) is 5.10 Å². The van der Waals surface area contributed by atoms with Gasteiger partial charge in [-0.25, -0.2) is 18.2 Å². The minimum absolute atomic E-state index is 0.0179. The maximum Gasteiger partial charge on any atom is 0.338 e. The van der Waals surface area contributed by atoms with Crippen molar-refractivity contribution < 1.29 is 27.5 Å². The molecule has 0 saturated carbocycles. The van der Waals surface area contributed by atoms with Crippen LogP contribution >= 0.6 is 0 Å². The Bertz CT molecular complexity index is 953. The van der Waals surface area contributed by atoms with Gasteiger partial charge in [-0.15, -0.1) is 0 Å². The summed E-state index contributed by atoms with van der Waals surface area (Å²) in [7, 11) is -3.17. The highest BCUT2D eigenvalue weighted by molar-refractivity contribution is 7.91. The zero-order valence-corrected chi connectivity index (χ0v) is 17.1. The van der Waals surface area contributed by atoms with Crippen LogP contribution < -0.4 is 5.32 Å². The quantitative estimate of drug-likeness (QED) is 0.716. The van der Waals surface area contributed by atoms with Crippen LogP contribution in [-0.4, -0.2) is 60.6 Å². The highest BCUT2D eigenvalue weighted by atomic mass is 32.2. The molecule has 10 heteroatoms. The Labute approximate surface area is 169 Å². The summed E-state index contributed by atoms with van der Waals surface area (Å²) in [5.41, 5.74) is 0.994. The Morgan fingerprint density at radius 2 is 1.90 bits per heavy atom. The first kappa shape index (κ1) is 21.0. The monoisotopic (exact) mass is 421 g/mol. The molecule has 1 saturated heterocycles. The van der Waals surface area contributed by atoms with Crippen molar-refractivity contribution in [1.82, 2.24) is 5.01 Å². The molecule has 1 aromatic rings. The smallest absolute Gasteiger partial charge is 0.338 e. The van der Waals surface area contributed by atoms with E-state index in [2.05, 4.69) is 10.4 Å². The van der Waals surface area contributed by atoms with Gasteiger partial charge in [0, 0.05) is 18.5 Å². The molecule has 29 heavy (non-hydrogen) atoms. The summed E-state index contributed by atoms with van der Waals surface area (Å²) in [5, 5.41) is 7.96. The first-order valence-corrected chi connectivity index (χ1v) is 11.2. The summed E-state index contributed by atoms with van der Waals surface area (Å²) in [5.74, 6) is -1.32. The number of amides is 2. The largest absolute Gasteiger partial charge is 0.459 e. The Kier molecular flexibility index (Phi) is 6.02. The number of rotatable bonds is 5. The number of carbonyl (C=O) groups is 3. The van der Waals surface area contributed by atoms with Gasteiger partial charge >= 0.3 is 5.97 Å². The van der Waals surface area contributed by atoms with Gasteiger partial charge in [0.15, 0.2) is 9.84 Å². The zero-order chi connectivity index (χ0) is 21.2. The first-order chi connectivity index (χ1) is 13.6. The van der Waals surface area contributed by atoms with Crippen LogP contribution in [0.4, 0.5) is 5.69 Å². The van der Waals surface area contributed by atoms with E-state index in [0.717, 1.165) is 5.01 Å². The molecular weight excluding hydrogens is 398 g/mol. The fourth-order valence-corrected chi connectivity index (χ4v) is 4.86. The number of nitrogens with one attached hydrogen (secondary N) is 1. The van der Waals surface area contributed by atoms with Crippen molar-refractivity contribution in [2.45, 2.75) is 45.3 Å². The lowest BCUT2D eigenvalue weighted by molar-refractivity contribution is -0.133. The molecule has 2 amide bonds. The number of anilines is 1. The van der Waals surface area contributed by atoms with Gasteiger partial charge in [-0.05, 0) is 44.5 Å². The van der Waals surface area contributed by atoms with E-state index in [-0.39, 0.29) is 42.1 Å². The van der Waals surface area contributed by atoms with E-state index in [9.17, 15) is 22.8 Å². The highest BCUT2D eigenvalue weighted by Gasteiger charge is 2.37. The Hall–Kier alpha value is -2.75. The van der Waals surface area contributed by atoms with E-state index in [1.54, 1.807) is 38.1 Å². The van der Waals surface area contributed by atoms with Gasteiger partial charge in [0.25, 0.3) is 5.91 Å². The number of esters is 1. The van der Waals surface area contributed by atoms with E-state index in [0.29, 0.717) is 17.7 Å². The van der Waals surface area contributed by atoms with E-state index in [1.807, 2.05) is 0 Å². The average molecular weight is 421 g/mol. The van der Waals surface area contributed by atoms with Gasteiger partial charge in [0.05, 0.1) is 29.2 Å². The molecule has 2 aliphatic heterocycles. The second-order valence-electron chi connectivity index (χ2n) is 7.33. The van der Waals surface area contributed by atoms with Crippen LogP contribution in [0.25, 0.3) is 0 Å². The van der Waals surface area contributed by atoms with Crippen molar-refractivity contribution in [3.8, 4) is 0 Å². The zero-order valence-electron chi connectivity index (χ0n) is 16.3. The molecule has 0 unspecified atom stereocenters. The van der Waals surface area contributed by atoms with Crippen LogP contribution in [0.2, 0.25) is 0 Å². The molecule has 156 valence electrons. The molecule has 0 aromatic heterocycles. The topological polar surface area (TPSA) is 122 Å². The molecule has 2 aliphatic rings. The minimum Gasteiger partial charge on any atom is -0.459 e. The standard InChI is InChI=1S/C19H23N3O6S/c1-12(2)28-19(25)13-3-5-14(6-4-13)20-18(24)16-7-8-17(23)22(21-16)15-9-10-29(26,27)11-15/h3-6,12,15H,7-11H2,1-2H3,(H,20,24)/t15-/m1/s1. The van der Waals surface area contributed by atoms with Gasteiger partial charge in [0.1, 0.15) is 5.71 Å². The third-order valence-corrected chi connectivity index (χ3v) is 6.35. The number of sulfone groups is 1. The number of nitrogens with zero attached hydrogens (tertiary/aromatic N) is 2. The van der Waals surface area contributed by atoms with E-state index >= 15 is 0 Å². The normalized spacial score (nSPS) is 21.1. The lowest BCUT2D eigenvalue weighted by atomic mass is 10.1. The Morgan fingerprint density at radius 1 is 1.21 bits per heavy atom. The number of benzene rings is 1. The van der Waals surface area contributed by atoms with Crippen LogP contribution in [0.5, 0.6) is 0 Å². The van der Waals surface area contributed by atoms with Crippen molar-refractivity contribution in [2.75, 3.05) is 16.8 Å². The van der Waals surface area contributed by atoms with Crippen LogP contribution in [0.3, 0.4) is 0 Å². The predicted molar refractivity (Wildman–Crippen MR) is 106 cm³/mol. The number of ether oxygens (including phenoxy) is 1. The fraction of sp³-hybridized carbons (Fsp3) is 0.474. The third kappa shape index (κ3) is 5.20. The molecular formula is C19H23N3O6S. The maximum atomic E-state index is 12.5. The molecule has 1 aromatic carbocycles. The summed E-state index contributed by atoms with van der Waals surface area (Å²) < 4.78 is 28.5. The molecule has 1 N–H and O–H groups in total. The molecule has 9 nitrogen and oxygen atoms in total. The molecule has 0 radical (unpaired) electrons. The van der Waals surface area contributed by atoms with E-state index in [4.69, 9.17) is 4.74 Å². The van der Waals surface area contributed by atoms with Gasteiger partial charge in [0.2, 0.25) is 5.91 Å². The van der Waals surface area contributed by atoms with Gasteiger partial charge in [-0.1, -0.05) is 0 Å². The van der Waals surface area contributed by atoms with Crippen LogP contribution in [-0.2, 0) is 24.2 Å². The van der Waals surface area contributed by atoms with Crippen molar-refractivity contribution in [3.63, 3.8) is 0 Å². The molecule has 2 heterocycles. The molecule has 1 atom stereocenters. The van der Waals surface area contributed by atoms with Crippen LogP contribution in [0.1, 0.15) is 43.5 Å². The lowest BCUT2D eigenvalue weighted by Gasteiger charge is -2.27. The van der Waals surface area contributed by atoms with Gasteiger partial charge in [-0.2, -0.15) is 5.10 Å². The highest BCUT2D eigenvalue weighted by Crippen LogP contribution is 2.22. The molecule has 3 rings (SSSR count). The van der Waals surface area contributed by atoms with E-state index < -0.39 is 27.8 Å². The van der Waals surface area contributed by atoms with Crippen LogP contribution in [0, 0.1) is 0 Å². The average Bonchev–Trinajstić information content (AvgIpc) is 3.01. The number of hydrogen-bond acceptors (Lipinski definition) is 7. The van der Waals surface area contributed by atoms with Crippen molar-refractivity contribution in [1.29, 1.82) is 0 Å². The fourth-order valence-electron chi connectivity index (χ4n) is 3.16. The number of hydrogen-bond donors (Lipinski definition) is 1. The summed E-state index contributed by atoms with van der Waals surface area (Å²) in [6, 6.07) is 5.71. The SMILES string of the molecule is CC(C)OC(=O)c1ccc(NC(=O)C2=NN([C@@H]3CCS(=O)(=O)C3)C(=O)CC2)cc1. The first-order valence-electron chi connectivity index (χ1n) is 9.37.